The first kappa shape index (κ1) is 14.9. The Labute approximate surface area is 137 Å². The Bertz CT molecular complexity index is 839. The molecule has 3 aromatic rings. The Morgan fingerprint density at radius 3 is 2.78 bits per heavy atom. The van der Waals surface area contributed by atoms with E-state index in [1.54, 1.807) is 18.3 Å². The molecule has 0 unspecified atom stereocenters. The Morgan fingerprint density at radius 1 is 1.13 bits per heavy atom. The highest BCUT2D eigenvalue weighted by atomic mass is 35.5. The van der Waals surface area contributed by atoms with Crippen LogP contribution in [0.5, 0.6) is 5.75 Å². The third-order valence-electron chi connectivity index (χ3n) is 2.99. The van der Waals surface area contributed by atoms with Gasteiger partial charge in [0.05, 0.1) is 18.1 Å². The zero-order valence-electron chi connectivity index (χ0n) is 11.9. The van der Waals surface area contributed by atoms with E-state index in [1.807, 2.05) is 30.3 Å². The van der Waals surface area contributed by atoms with Crippen LogP contribution in [0.15, 0.2) is 59.8 Å². The number of aromatic hydroxyl groups is 1. The van der Waals surface area contributed by atoms with E-state index in [2.05, 4.69) is 25.7 Å². The van der Waals surface area contributed by atoms with Crippen LogP contribution in [0.2, 0.25) is 5.02 Å². The molecule has 0 saturated heterocycles. The van der Waals surface area contributed by atoms with Crippen LogP contribution < -0.4 is 5.43 Å². The Balaban J connectivity index is 1.76. The molecule has 0 radical (unpaired) electrons. The zero-order chi connectivity index (χ0) is 16.1. The van der Waals surface area contributed by atoms with Gasteiger partial charge in [-0.3, -0.25) is 0 Å². The first-order valence-corrected chi connectivity index (χ1v) is 7.13. The Hall–Kier alpha value is -2.99. The van der Waals surface area contributed by atoms with Gasteiger partial charge in [-0.1, -0.05) is 41.9 Å². The highest BCUT2D eigenvalue weighted by Crippen LogP contribution is 2.20. The molecule has 0 aliphatic heterocycles. The van der Waals surface area contributed by atoms with Crippen molar-refractivity contribution >= 4 is 23.8 Å². The standard InChI is InChI=1S/C16H12ClN5O/c17-13-6-7-15(23)12(8-13)9-18-21-16-20-14(10-19-22-16)11-4-2-1-3-5-11/h1-10,23H,(H,20,21,22). The molecule has 0 aliphatic carbocycles. The third kappa shape index (κ3) is 3.81. The van der Waals surface area contributed by atoms with Crippen LogP contribution >= 0.6 is 11.6 Å². The smallest absolute Gasteiger partial charge is 0.263 e. The molecule has 0 saturated carbocycles. The summed E-state index contributed by atoms with van der Waals surface area (Å²) in [6, 6.07) is 14.3. The Morgan fingerprint density at radius 2 is 1.96 bits per heavy atom. The number of benzene rings is 2. The summed E-state index contributed by atoms with van der Waals surface area (Å²) in [6.07, 6.45) is 3.01. The normalized spacial score (nSPS) is 10.8. The zero-order valence-corrected chi connectivity index (χ0v) is 12.6. The molecule has 0 fully saturated rings. The fourth-order valence-corrected chi connectivity index (χ4v) is 2.07. The minimum Gasteiger partial charge on any atom is -0.507 e. The maximum Gasteiger partial charge on any atom is 0.263 e. The first-order chi connectivity index (χ1) is 11.2. The van der Waals surface area contributed by atoms with E-state index in [9.17, 15) is 5.11 Å². The third-order valence-corrected chi connectivity index (χ3v) is 3.22. The van der Waals surface area contributed by atoms with Crippen molar-refractivity contribution in [3.8, 4) is 17.0 Å². The van der Waals surface area contributed by atoms with E-state index in [4.69, 9.17) is 11.6 Å². The molecule has 3 rings (SSSR count). The molecule has 6 nitrogen and oxygen atoms in total. The number of halogens is 1. The second-order valence-corrected chi connectivity index (χ2v) is 5.04. The van der Waals surface area contributed by atoms with E-state index in [-0.39, 0.29) is 11.7 Å². The van der Waals surface area contributed by atoms with Gasteiger partial charge < -0.3 is 5.11 Å². The summed E-state index contributed by atoms with van der Waals surface area (Å²) in [5, 5.41) is 22.0. The van der Waals surface area contributed by atoms with Gasteiger partial charge in [-0.25, -0.2) is 10.4 Å². The second-order valence-electron chi connectivity index (χ2n) is 4.60. The fraction of sp³-hybridized carbons (Fsp3) is 0. The van der Waals surface area contributed by atoms with Crippen molar-refractivity contribution < 1.29 is 5.11 Å². The lowest BCUT2D eigenvalue weighted by Crippen LogP contribution is -2.00. The van der Waals surface area contributed by atoms with Crippen LogP contribution in [-0.2, 0) is 0 Å². The lowest BCUT2D eigenvalue weighted by molar-refractivity contribution is 0.474. The molecule has 1 aromatic heterocycles. The molecule has 23 heavy (non-hydrogen) atoms. The Kier molecular flexibility index (Phi) is 4.44. The van der Waals surface area contributed by atoms with Gasteiger partial charge in [-0.15, -0.1) is 5.10 Å². The van der Waals surface area contributed by atoms with Gasteiger partial charge in [0.2, 0.25) is 0 Å². The molecule has 0 atom stereocenters. The van der Waals surface area contributed by atoms with Crippen LogP contribution in [0, 0.1) is 0 Å². The SMILES string of the molecule is Oc1ccc(Cl)cc1C=NNc1nncc(-c2ccccc2)n1. The van der Waals surface area contributed by atoms with E-state index in [0.29, 0.717) is 16.3 Å². The quantitative estimate of drug-likeness (QED) is 0.567. The second kappa shape index (κ2) is 6.85. The molecule has 0 amide bonds. The predicted molar refractivity (Wildman–Crippen MR) is 89.6 cm³/mol. The lowest BCUT2D eigenvalue weighted by atomic mass is 10.2. The number of hydrogen-bond acceptors (Lipinski definition) is 6. The average Bonchev–Trinajstić information content (AvgIpc) is 2.59. The first-order valence-electron chi connectivity index (χ1n) is 6.75. The fourth-order valence-electron chi connectivity index (χ4n) is 1.89. The molecule has 7 heteroatoms. The van der Waals surface area contributed by atoms with Gasteiger partial charge in [-0.05, 0) is 18.2 Å². The van der Waals surface area contributed by atoms with Gasteiger partial charge in [0, 0.05) is 16.1 Å². The van der Waals surface area contributed by atoms with Crippen molar-refractivity contribution in [3.63, 3.8) is 0 Å². The topological polar surface area (TPSA) is 83.3 Å². The van der Waals surface area contributed by atoms with Crippen LogP contribution in [0.3, 0.4) is 0 Å². The minimum atomic E-state index is 0.0806. The van der Waals surface area contributed by atoms with Crippen LogP contribution in [0.4, 0.5) is 5.95 Å². The number of phenols is 1. The summed E-state index contributed by atoms with van der Waals surface area (Å²) in [4.78, 5) is 4.33. The van der Waals surface area contributed by atoms with E-state index in [0.717, 1.165) is 5.56 Å². The van der Waals surface area contributed by atoms with Crippen LogP contribution in [-0.4, -0.2) is 26.5 Å². The van der Waals surface area contributed by atoms with Crippen molar-refractivity contribution in [2.45, 2.75) is 0 Å². The number of hydrogen-bond donors (Lipinski definition) is 2. The summed E-state index contributed by atoms with van der Waals surface area (Å²) in [5.41, 5.74) is 4.78. The lowest BCUT2D eigenvalue weighted by Gasteiger charge is -2.02. The van der Waals surface area contributed by atoms with Gasteiger partial charge in [-0.2, -0.15) is 10.2 Å². The molecule has 2 aromatic carbocycles. The van der Waals surface area contributed by atoms with E-state index < -0.39 is 0 Å². The molecule has 1 heterocycles. The number of rotatable bonds is 4. The van der Waals surface area contributed by atoms with Gasteiger partial charge in [0.15, 0.2) is 0 Å². The number of nitrogens with one attached hydrogen (secondary N) is 1. The van der Waals surface area contributed by atoms with Crippen LogP contribution in [0.1, 0.15) is 5.56 Å². The van der Waals surface area contributed by atoms with Crippen molar-refractivity contribution in [2.24, 2.45) is 5.10 Å². The van der Waals surface area contributed by atoms with Crippen molar-refractivity contribution in [1.29, 1.82) is 0 Å². The largest absolute Gasteiger partial charge is 0.507 e. The van der Waals surface area contributed by atoms with Crippen molar-refractivity contribution in [3.05, 3.63) is 65.3 Å². The summed E-state index contributed by atoms with van der Waals surface area (Å²) >= 11 is 5.87. The molecule has 0 bridgehead atoms. The molecule has 114 valence electrons. The maximum atomic E-state index is 9.70. The van der Waals surface area contributed by atoms with Gasteiger partial charge >= 0.3 is 0 Å². The average molecular weight is 326 g/mol. The van der Waals surface area contributed by atoms with Gasteiger partial charge in [0.1, 0.15) is 5.75 Å². The molecular weight excluding hydrogens is 314 g/mol. The van der Waals surface area contributed by atoms with E-state index in [1.165, 1.54) is 12.3 Å². The number of phenolic OH excluding ortho intramolecular Hbond substituents is 1. The molecular formula is C16H12ClN5O. The van der Waals surface area contributed by atoms with Crippen LogP contribution in [0.25, 0.3) is 11.3 Å². The molecule has 0 aliphatic rings. The summed E-state index contributed by atoms with van der Waals surface area (Å²) in [7, 11) is 0. The summed E-state index contributed by atoms with van der Waals surface area (Å²) in [6.45, 7) is 0. The monoisotopic (exact) mass is 325 g/mol. The van der Waals surface area contributed by atoms with Gasteiger partial charge in [0.25, 0.3) is 5.95 Å². The minimum absolute atomic E-state index is 0.0806. The highest BCUT2D eigenvalue weighted by Gasteiger charge is 2.02. The van der Waals surface area contributed by atoms with Crippen molar-refractivity contribution in [1.82, 2.24) is 15.2 Å². The van der Waals surface area contributed by atoms with Crippen molar-refractivity contribution in [2.75, 3.05) is 5.43 Å². The summed E-state index contributed by atoms with van der Waals surface area (Å²) < 4.78 is 0. The molecule has 2 N–H and O–H groups in total. The highest BCUT2D eigenvalue weighted by molar-refractivity contribution is 6.30. The number of aromatic nitrogens is 3. The number of nitrogens with zero attached hydrogens (tertiary/aromatic N) is 4. The maximum absolute atomic E-state index is 9.70. The number of hydrazone groups is 1. The molecule has 0 spiro atoms. The predicted octanol–water partition coefficient (Wildman–Crippen LogP) is 3.34. The van der Waals surface area contributed by atoms with E-state index >= 15 is 0 Å². The summed E-state index contributed by atoms with van der Waals surface area (Å²) in [5.74, 6) is 0.334. The number of anilines is 1.